The molecule has 0 saturated carbocycles. The van der Waals surface area contributed by atoms with Crippen LogP contribution in [0.1, 0.15) is 19.3 Å². The zero-order chi connectivity index (χ0) is 13.0. The fraction of sp³-hybridized carbons (Fsp3) is 0.462. The van der Waals surface area contributed by atoms with Crippen LogP contribution in [0.2, 0.25) is 0 Å². The van der Waals surface area contributed by atoms with Crippen molar-refractivity contribution < 1.29 is 4.74 Å². The molecule has 4 nitrogen and oxygen atoms in total. The zero-order valence-electron chi connectivity index (χ0n) is 10.6. The smallest absolute Gasteiger partial charge is 0.168 e. The lowest BCUT2D eigenvalue weighted by Crippen LogP contribution is -2.29. The van der Waals surface area contributed by atoms with Crippen molar-refractivity contribution in [2.24, 2.45) is 5.73 Å². The van der Waals surface area contributed by atoms with Crippen molar-refractivity contribution in [2.45, 2.75) is 19.3 Å². The second kappa shape index (κ2) is 5.91. The van der Waals surface area contributed by atoms with Gasteiger partial charge in [-0.2, -0.15) is 0 Å². The number of rotatable bonds is 3. The van der Waals surface area contributed by atoms with Crippen LogP contribution in [0.25, 0.3) is 0 Å². The molecule has 0 bridgehead atoms. The highest BCUT2D eigenvalue weighted by Gasteiger charge is 2.13. The molecule has 0 aromatic heterocycles. The van der Waals surface area contributed by atoms with Crippen LogP contribution < -0.4 is 20.7 Å². The summed E-state index contributed by atoms with van der Waals surface area (Å²) in [5.74, 6) is 0.769. The Labute approximate surface area is 113 Å². The Kier molecular flexibility index (Phi) is 4.25. The third-order valence-electron chi connectivity index (χ3n) is 3.16. The Morgan fingerprint density at radius 3 is 2.67 bits per heavy atom. The van der Waals surface area contributed by atoms with E-state index >= 15 is 0 Å². The Morgan fingerprint density at radius 2 is 2.06 bits per heavy atom. The molecule has 5 heteroatoms. The number of ether oxygens (including phenoxy) is 1. The van der Waals surface area contributed by atoms with Gasteiger partial charge in [0.1, 0.15) is 5.75 Å². The third-order valence-corrected chi connectivity index (χ3v) is 3.27. The monoisotopic (exact) mass is 265 g/mol. The normalized spacial score (nSPS) is 15.3. The highest BCUT2D eigenvalue weighted by atomic mass is 32.1. The van der Waals surface area contributed by atoms with E-state index in [0.717, 1.165) is 24.5 Å². The largest absolute Gasteiger partial charge is 0.494 e. The molecule has 18 heavy (non-hydrogen) atoms. The molecule has 0 radical (unpaired) electrons. The predicted molar refractivity (Wildman–Crippen MR) is 79.5 cm³/mol. The molecule has 0 spiro atoms. The summed E-state index contributed by atoms with van der Waals surface area (Å²) in [6.07, 6.45) is 3.85. The average molecular weight is 265 g/mol. The van der Waals surface area contributed by atoms with E-state index in [2.05, 4.69) is 16.3 Å². The molecule has 2 rings (SSSR count). The van der Waals surface area contributed by atoms with Crippen molar-refractivity contribution in [1.29, 1.82) is 0 Å². The van der Waals surface area contributed by atoms with Gasteiger partial charge in [0.2, 0.25) is 0 Å². The topological polar surface area (TPSA) is 50.5 Å². The van der Waals surface area contributed by atoms with Gasteiger partial charge in [-0.25, -0.2) is 0 Å². The number of nitrogens with zero attached hydrogens (tertiary/aromatic N) is 1. The molecule has 0 atom stereocenters. The van der Waals surface area contributed by atoms with Gasteiger partial charge in [-0.15, -0.1) is 0 Å². The summed E-state index contributed by atoms with van der Waals surface area (Å²) < 4.78 is 5.37. The molecule has 0 aliphatic carbocycles. The molecule has 3 N–H and O–H groups in total. The van der Waals surface area contributed by atoms with E-state index in [9.17, 15) is 0 Å². The highest BCUT2D eigenvalue weighted by molar-refractivity contribution is 7.80. The third kappa shape index (κ3) is 3.04. The van der Waals surface area contributed by atoms with Crippen LogP contribution in [0.4, 0.5) is 11.4 Å². The number of nitrogens with one attached hydrogen (secondary N) is 1. The van der Waals surface area contributed by atoms with Crippen LogP contribution >= 0.6 is 12.2 Å². The second-order valence-corrected chi connectivity index (χ2v) is 4.86. The first kappa shape index (κ1) is 13.0. The van der Waals surface area contributed by atoms with Crippen LogP contribution in [-0.2, 0) is 0 Å². The molecule has 0 amide bonds. The number of methoxy groups -OCH3 is 1. The molecule has 1 aliphatic rings. The Balaban J connectivity index is 2.20. The molecule has 0 unspecified atom stereocenters. The second-order valence-electron chi connectivity index (χ2n) is 4.42. The summed E-state index contributed by atoms with van der Waals surface area (Å²) in [5, 5.41) is 3.17. The van der Waals surface area contributed by atoms with Crippen LogP contribution in [0.3, 0.4) is 0 Å². The first-order chi connectivity index (χ1) is 8.70. The van der Waals surface area contributed by atoms with E-state index in [0.29, 0.717) is 0 Å². The molecule has 1 aliphatic heterocycles. The first-order valence-corrected chi connectivity index (χ1v) is 6.61. The Morgan fingerprint density at radius 1 is 1.33 bits per heavy atom. The summed E-state index contributed by atoms with van der Waals surface area (Å²) >= 11 is 4.84. The quantitative estimate of drug-likeness (QED) is 0.822. The lowest BCUT2D eigenvalue weighted by atomic mass is 10.1. The van der Waals surface area contributed by atoms with Crippen molar-refractivity contribution in [3.63, 3.8) is 0 Å². The van der Waals surface area contributed by atoms with E-state index in [-0.39, 0.29) is 5.11 Å². The van der Waals surface area contributed by atoms with Gasteiger partial charge in [-0.05, 0) is 43.6 Å². The van der Waals surface area contributed by atoms with Gasteiger partial charge in [0.05, 0.1) is 12.8 Å². The lowest BCUT2D eigenvalue weighted by Gasteiger charge is -2.29. The molecule has 1 aromatic carbocycles. The Hall–Kier alpha value is -1.49. The molecule has 1 heterocycles. The first-order valence-electron chi connectivity index (χ1n) is 6.20. The zero-order valence-corrected chi connectivity index (χ0v) is 11.4. The highest BCUT2D eigenvalue weighted by Crippen LogP contribution is 2.30. The molecular weight excluding hydrogens is 246 g/mol. The van der Waals surface area contributed by atoms with Crippen molar-refractivity contribution >= 4 is 28.7 Å². The van der Waals surface area contributed by atoms with Gasteiger partial charge in [-0.3, -0.25) is 0 Å². The minimum Gasteiger partial charge on any atom is -0.494 e. The van der Waals surface area contributed by atoms with Gasteiger partial charge in [-0.1, -0.05) is 0 Å². The van der Waals surface area contributed by atoms with Crippen molar-refractivity contribution in [2.75, 3.05) is 30.4 Å². The Bertz CT molecular complexity index is 430. The number of nitrogens with two attached hydrogens (primary N) is 1. The van der Waals surface area contributed by atoms with E-state index in [1.165, 1.54) is 24.9 Å². The number of thiocarbonyl (C=S) groups is 1. The van der Waals surface area contributed by atoms with Crippen molar-refractivity contribution in [1.82, 2.24) is 0 Å². The molecule has 1 saturated heterocycles. The van der Waals surface area contributed by atoms with Crippen LogP contribution in [0.15, 0.2) is 18.2 Å². The van der Waals surface area contributed by atoms with Crippen molar-refractivity contribution in [3.05, 3.63) is 18.2 Å². The van der Waals surface area contributed by atoms with E-state index < -0.39 is 0 Å². The average Bonchev–Trinajstić information content (AvgIpc) is 2.39. The van der Waals surface area contributed by atoms with E-state index in [1.54, 1.807) is 7.11 Å². The van der Waals surface area contributed by atoms with Gasteiger partial charge >= 0.3 is 0 Å². The van der Waals surface area contributed by atoms with Gasteiger partial charge in [0.25, 0.3) is 0 Å². The number of hydrogen-bond acceptors (Lipinski definition) is 3. The predicted octanol–water partition coefficient (Wildman–Crippen LogP) is 2.34. The van der Waals surface area contributed by atoms with Gasteiger partial charge < -0.3 is 20.7 Å². The van der Waals surface area contributed by atoms with Crippen LogP contribution in [0.5, 0.6) is 5.75 Å². The SMILES string of the molecule is COc1cc(N2CCCCC2)ccc1NC(N)=S. The number of hydrogen-bond donors (Lipinski definition) is 2. The summed E-state index contributed by atoms with van der Waals surface area (Å²) in [4.78, 5) is 2.39. The molecule has 98 valence electrons. The maximum atomic E-state index is 5.48. The number of piperidine rings is 1. The van der Waals surface area contributed by atoms with Gasteiger partial charge in [0, 0.05) is 24.8 Å². The fourth-order valence-corrected chi connectivity index (χ4v) is 2.37. The maximum absolute atomic E-state index is 5.48. The van der Waals surface area contributed by atoms with E-state index in [4.69, 9.17) is 22.7 Å². The summed E-state index contributed by atoms with van der Waals surface area (Å²) in [6, 6.07) is 6.07. The van der Waals surface area contributed by atoms with Crippen LogP contribution in [0, 0.1) is 0 Å². The fourth-order valence-electron chi connectivity index (χ4n) is 2.26. The van der Waals surface area contributed by atoms with Crippen molar-refractivity contribution in [3.8, 4) is 5.75 Å². The minimum atomic E-state index is 0.249. The summed E-state index contributed by atoms with van der Waals surface area (Å²) in [7, 11) is 1.65. The number of benzene rings is 1. The lowest BCUT2D eigenvalue weighted by molar-refractivity contribution is 0.416. The maximum Gasteiger partial charge on any atom is 0.168 e. The van der Waals surface area contributed by atoms with Crippen LogP contribution in [-0.4, -0.2) is 25.3 Å². The standard InChI is InChI=1S/C13H19N3OS/c1-17-12-9-10(16-7-3-2-4-8-16)5-6-11(12)15-13(14)18/h5-6,9H,2-4,7-8H2,1H3,(H3,14,15,18). The number of anilines is 2. The van der Waals surface area contributed by atoms with Gasteiger partial charge in [0.15, 0.2) is 5.11 Å². The summed E-state index contributed by atoms with van der Waals surface area (Å²) in [6.45, 7) is 2.23. The molecule has 1 fully saturated rings. The van der Waals surface area contributed by atoms with E-state index in [1.807, 2.05) is 12.1 Å². The molecular formula is C13H19N3OS. The molecule has 1 aromatic rings. The minimum absolute atomic E-state index is 0.249. The summed E-state index contributed by atoms with van der Waals surface area (Å²) in [5.41, 5.74) is 7.49.